The van der Waals surface area contributed by atoms with Crippen molar-refractivity contribution in [2.75, 3.05) is 18.0 Å². The summed E-state index contributed by atoms with van der Waals surface area (Å²) in [6.45, 7) is 7.73. The topological polar surface area (TPSA) is 81.4 Å². The molecule has 1 aliphatic heterocycles. The Kier molecular flexibility index (Phi) is 6.59. The third-order valence-corrected chi connectivity index (χ3v) is 12.0. The molecule has 0 radical (unpaired) electrons. The number of hydrogen-bond acceptors (Lipinski definition) is 8. The number of nitrogens with one attached hydrogen (secondary N) is 1. The van der Waals surface area contributed by atoms with Crippen LogP contribution in [0.2, 0.25) is 0 Å². The first kappa shape index (κ1) is 26.3. The molecule has 4 aromatic heterocycles. The fourth-order valence-corrected chi connectivity index (χ4v) is 8.95. The molecule has 1 aliphatic carbocycles. The van der Waals surface area contributed by atoms with E-state index in [1.807, 2.05) is 45.6 Å². The van der Waals surface area contributed by atoms with Gasteiger partial charge in [0.1, 0.15) is 4.75 Å². The van der Waals surface area contributed by atoms with Crippen molar-refractivity contribution in [1.82, 2.24) is 24.1 Å². The molecule has 2 atom stereocenters. The predicted molar refractivity (Wildman–Crippen MR) is 165 cm³/mol. The first-order valence-corrected chi connectivity index (χ1v) is 16.5. The zero-order chi connectivity index (χ0) is 27.5. The van der Waals surface area contributed by atoms with Gasteiger partial charge >= 0.3 is 0 Å². The second kappa shape index (κ2) is 10.0. The summed E-state index contributed by atoms with van der Waals surface area (Å²) in [5.74, 6) is 0.881. The van der Waals surface area contributed by atoms with Gasteiger partial charge in [0.15, 0.2) is 5.65 Å². The molecular weight excluding hydrogens is 557 g/mol. The number of thiophene rings is 1. The lowest BCUT2D eigenvalue weighted by Gasteiger charge is -2.46. The monoisotopic (exact) mass is 588 g/mol. The van der Waals surface area contributed by atoms with Gasteiger partial charge in [-0.2, -0.15) is 0 Å². The van der Waals surface area contributed by atoms with Crippen LogP contribution < -0.4 is 9.62 Å². The number of pyridine rings is 1. The van der Waals surface area contributed by atoms with Crippen LogP contribution in [-0.4, -0.2) is 47.8 Å². The standard InChI is InChI=1S/C30H32N6OS3/c1-29(2,3)40(37)34-25-19-35(13-10-30(25)16-20-6-4-5-7-21(20)17-30)28-33-18-24(27-32-12-14-36(27)28)39-23-8-11-31-22-9-15-38-26(22)23/h4-9,11-12,14-15,18,25,34H,10,13,16-17,19H2,1-3H3/t25?,40-/m1/s1. The highest BCUT2D eigenvalue weighted by Crippen LogP contribution is 2.46. The first-order valence-electron chi connectivity index (χ1n) is 13.6. The second-order valence-corrected chi connectivity index (χ2v) is 15.8. The van der Waals surface area contributed by atoms with Crippen molar-refractivity contribution in [3.8, 4) is 0 Å². The molecule has 0 saturated carbocycles. The van der Waals surface area contributed by atoms with Crippen molar-refractivity contribution >= 4 is 56.3 Å². The maximum Gasteiger partial charge on any atom is 0.211 e. The van der Waals surface area contributed by atoms with Crippen molar-refractivity contribution in [1.29, 1.82) is 0 Å². The molecule has 206 valence electrons. The molecular formula is C30H32N6OS3. The summed E-state index contributed by atoms with van der Waals surface area (Å²) in [6.07, 6.45) is 10.7. The van der Waals surface area contributed by atoms with Crippen molar-refractivity contribution in [2.24, 2.45) is 5.41 Å². The lowest BCUT2D eigenvalue weighted by molar-refractivity contribution is 0.179. The van der Waals surface area contributed by atoms with E-state index >= 15 is 0 Å². The minimum atomic E-state index is -1.17. The number of fused-ring (bicyclic) bond motifs is 3. The van der Waals surface area contributed by atoms with E-state index in [1.165, 1.54) is 15.8 Å². The molecule has 0 bridgehead atoms. The number of nitrogens with zero attached hydrogens (tertiary/aromatic N) is 5. The van der Waals surface area contributed by atoms with E-state index in [9.17, 15) is 4.55 Å². The van der Waals surface area contributed by atoms with Gasteiger partial charge in [0.25, 0.3) is 0 Å². The molecule has 5 aromatic rings. The Hall–Kier alpha value is -2.63. The average molecular weight is 589 g/mol. The third-order valence-electron chi connectivity index (χ3n) is 8.22. The molecule has 1 N–H and O–H groups in total. The molecule has 5 heterocycles. The van der Waals surface area contributed by atoms with E-state index < -0.39 is 11.4 Å². The van der Waals surface area contributed by atoms with Crippen LogP contribution in [0.3, 0.4) is 0 Å². The largest absolute Gasteiger partial charge is 0.598 e. The van der Waals surface area contributed by atoms with Gasteiger partial charge in [-0.05, 0) is 68.7 Å². The number of rotatable bonds is 5. The molecule has 1 unspecified atom stereocenters. The highest BCUT2D eigenvalue weighted by Gasteiger charge is 2.50. The Bertz CT molecular complexity index is 1670. The number of imidazole rings is 1. The van der Waals surface area contributed by atoms with E-state index in [0.29, 0.717) is 0 Å². The highest BCUT2D eigenvalue weighted by atomic mass is 32.2. The lowest BCUT2D eigenvalue weighted by atomic mass is 9.72. The van der Waals surface area contributed by atoms with E-state index in [-0.39, 0.29) is 16.2 Å². The van der Waals surface area contributed by atoms with Gasteiger partial charge in [0, 0.05) is 59.5 Å². The molecule has 7 rings (SSSR count). The summed E-state index contributed by atoms with van der Waals surface area (Å²) in [7, 11) is 0. The van der Waals surface area contributed by atoms with Gasteiger partial charge in [-0.3, -0.25) is 9.38 Å². The van der Waals surface area contributed by atoms with Crippen LogP contribution in [0, 0.1) is 5.41 Å². The van der Waals surface area contributed by atoms with Crippen molar-refractivity contribution in [2.45, 2.75) is 60.6 Å². The van der Waals surface area contributed by atoms with E-state index in [4.69, 9.17) is 9.97 Å². The van der Waals surface area contributed by atoms with Crippen molar-refractivity contribution in [3.63, 3.8) is 0 Å². The Morgan fingerprint density at radius 1 is 1.05 bits per heavy atom. The fraction of sp³-hybridized carbons (Fsp3) is 0.367. The summed E-state index contributed by atoms with van der Waals surface area (Å²) in [5.41, 5.74) is 4.81. The molecule has 1 spiro atoms. The number of aromatic nitrogens is 4. The van der Waals surface area contributed by atoms with Crippen LogP contribution in [0.4, 0.5) is 5.95 Å². The van der Waals surface area contributed by atoms with Crippen LogP contribution in [-0.2, 0) is 24.2 Å². The number of hydrogen-bond donors (Lipinski definition) is 1. The highest BCUT2D eigenvalue weighted by molar-refractivity contribution is 8.00. The van der Waals surface area contributed by atoms with Crippen LogP contribution in [0.1, 0.15) is 38.3 Å². The molecule has 10 heteroatoms. The molecule has 0 amide bonds. The maximum absolute atomic E-state index is 13.4. The van der Waals surface area contributed by atoms with Crippen LogP contribution in [0.5, 0.6) is 0 Å². The summed E-state index contributed by atoms with van der Waals surface area (Å²) in [4.78, 5) is 18.7. The van der Waals surface area contributed by atoms with Crippen LogP contribution in [0.15, 0.2) is 76.4 Å². The van der Waals surface area contributed by atoms with Gasteiger partial charge in [-0.25, -0.2) is 9.97 Å². The van der Waals surface area contributed by atoms with Crippen molar-refractivity contribution < 1.29 is 4.55 Å². The summed E-state index contributed by atoms with van der Waals surface area (Å²) in [6, 6.07) is 13.0. The molecule has 1 aromatic carbocycles. The van der Waals surface area contributed by atoms with Gasteiger partial charge in [-0.1, -0.05) is 36.0 Å². The van der Waals surface area contributed by atoms with Crippen LogP contribution >= 0.6 is 23.1 Å². The lowest BCUT2D eigenvalue weighted by Crippen LogP contribution is -2.61. The zero-order valence-corrected chi connectivity index (χ0v) is 25.3. The van der Waals surface area contributed by atoms with E-state index in [0.717, 1.165) is 59.3 Å². The molecule has 40 heavy (non-hydrogen) atoms. The summed E-state index contributed by atoms with van der Waals surface area (Å²) >= 11 is 2.22. The number of benzene rings is 1. The smallest absolute Gasteiger partial charge is 0.211 e. The van der Waals surface area contributed by atoms with E-state index in [2.05, 4.69) is 60.8 Å². The normalized spacial score (nSPS) is 19.5. The summed E-state index contributed by atoms with van der Waals surface area (Å²) < 4.78 is 19.9. The van der Waals surface area contributed by atoms with Crippen molar-refractivity contribution in [3.05, 3.63) is 77.7 Å². The molecule has 2 aliphatic rings. The summed E-state index contributed by atoms with van der Waals surface area (Å²) in [5, 5.41) is 2.08. The maximum atomic E-state index is 13.4. The van der Waals surface area contributed by atoms with Crippen LogP contribution in [0.25, 0.3) is 15.9 Å². The minimum Gasteiger partial charge on any atom is -0.598 e. The Balaban J connectivity index is 1.20. The SMILES string of the molecule is CC(C)(C)[S@@+]([O-])NC1CN(c2ncc(Sc3ccnc4ccsc34)c3nccn23)CCC12Cc1ccccc1C2. The minimum absolute atomic E-state index is 0.0400. The van der Waals surface area contributed by atoms with Gasteiger partial charge in [0.05, 0.1) is 21.2 Å². The molecule has 7 nitrogen and oxygen atoms in total. The molecule has 1 fully saturated rings. The Morgan fingerprint density at radius 3 is 2.62 bits per heavy atom. The second-order valence-electron chi connectivity index (χ2n) is 11.8. The number of anilines is 1. The predicted octanol–water partition coefficient (Wildman–Crippen LogP) is 5.91. The quantitative estimate of drug-likeness (QED) is 0.256. The first-order chi connectivity index (χ1) is 19.3. The van der Waals surface area contributed by atoms with Gasteiger partial charge in [0.2, 0.25) is 5.95 Å². The Morgan fingerprint density at radius 2 is 1.85 bits per heavy atom. The third kappa shape index (κ3) is 4.59. The zero-order valence-electron chi connectivity index (χ0n) is 22.8. The van der Waals surface area contributed by atoms with E-state index in [1.54, 1.807) is 23.1 Å². The molecule has 1 saturated heterocycles. The average Bonchev–Trinajstić information content (AvgIpc) is 3.69. The Labute approximate surface area is 245 Å². The van der Waals surface area contributed by atoms with Gasteiger partial charge in [-0.15, -0.1) is 16.1 Å². The van der Waals surface area contributed by atoms with Gasteiger partial charge < -0.3 is 9.45 Å². The fourth-order valence-electron chi connectivity index (χ4n) is 6.07. The number of piperidine rings is 1.